The molecule has 0 spiro atoms. The third-order valence-corrected chi connectivity index (χ3v) is 3.51. The van der Waals surface area contributed by atoms with Crippen molar-refractivity contribution in [1.82, 2.24) is 0 Å². The fourth-order valence-corrected chi connectivity index (χ4v) is 2.16. The lowest BCUT2D eigenvalue weighted by Gasteiger charge is -2.06. The predicted octanol–water partition coefficient (Wildman–Crippen LogP) is 3.72. The quantitative estimate of drug-likeness (QED) is 0.513. The molecule has 1 N–H and O–H groups in total. The van der Waals surface area contributed by atoms with E-state index in [9.17, 15) is 14.9 Å². The van der Waals surface area contributed by atoms with Gasteiger partial charge in [-0.2, -0.15) is 5.26 Å². The van der Waals surface area contributed by atoms with Gasteiger partial charge in [-0.05, 0) is 55.3 Å². The summed E-state index contributed by atoms with van der Waals surface area (Å²) in [6.07, 6.45) is 1.55. The predicted molar refractivity (Wildman–Crippen MR) is 95.8 cm³/mol. The Morgan fingerprint density at radius 3 is 2.44 bits per heavy atom. The van der Waals surface area contributed by atoms with Crippen molar-refractivity contribution in [3.05, 3.63) is 70.8 Å². The molecule has 5 heteroatoms. The lowest BCUT2D eigenvalue weighted by molar-refractivity contribution is -0.112. The summed E-state index contributed by atoms with van der Waals surface area (Å²) >= 11 is 0. The molecule has 5 nitrogen and oxygen atoms in total. The highest BCUT2D eigenvalue weighted by molar-refractivity contribution is 6.09. The van der Waals surface area contributed by atoms with Crippen LogP contribution in [0.5, 0.6) is 0 Å². The summed E-state index contributed by atoms with van der Waals surface area (Å²) in [7, 11) is 0. The highest BCUT2D eigenvalue weighted by atomic mass is 16.5. The molecule has 0 saturated heterocycles. The van der Waals surface area contributed by atoms with E-state index in [-0.39, 0.29) is 5.57 Å². The second kappa shape index (κ2) is 8.46. The lowest BCUT2D eigenvalue weighted by Crippen LogP contribution is -2.13. The Morgan fingerprint density at radius 1 is 1.16 bits per heavy atom. The maximum Gasteiger partial charge on any atom is 0.338 e. The van der Waals surface area contributed by atoms with Gasteiger partial charge < -0.3 is 10.1 Å². The Hall–Kier alpha value is -3.39. The van der Waals surface area contributed by atoms with Gasteiger partial charge in [0.25, 0.3) is 5.91 Å². The van der Waals surface area contributed by atoms with Crippen molar-refractivity contribution < 1.29 is 14.3 Å². The summed E-state index contributed by atoms with van der Waals surface area (Å²) in [6, 6.07) is 15.7. The Labute approximate surface area is 146 Å². The number of aryl methyl sites for hydroxylation is 1. The van der Waals surface area contributed by atoms with Crippen molar-refractivity contribution in [3.8, 4) is 6.07 Å². The van der Waals surface area contributed by atoms with Gasteiger partial charge in [-0.25, -0.2) is 4.79 Å². The molecule has 25 heavy (non-hydrogen) atoms. The van der Waals surface area contributed by atoms with E-state index in [4.69, 9.17) is 4.74 Å². The number of nitriles is 1. The number of anilines is 1. The highest BCUT2D eigenvalue weighted by Crippen LogP contribution is 2.15. The van der Waals surface area contributed by atoms with Gasteiger partial charge in [0.15, 0.2) is 0 Å². The average molecular weight is 334 g/mol. The molecule has 0 aliphatic heterocycles. The summed E-state index contributed by atoms with van der Waals surface area (Å²) in [6.45, 7) is 3.94. The van der Waals surface area contributed by atoms with E-state index in [0.717, 1.165) is 11.1 Å². The largest absolute Gasteiger partial charge is 0.462 e. The zero-order valence-electron chi connectivity index (χ0n) is 14.1. The summed E-state index contributed by atoms with van der Waals surface area (Å²) in [4.78, 5) is 23.9. The first-order chi connectivity index (χ1) is 12.0. The van der Waals surface area contributed by atoms with Gasteiger partial charge >= 0.3 is 5.97 Å². The zero-order valence-corrected chi connectivity index (χ0v) is 14.1. The molecule has 2 aromatic carbocycles. The molecule has 0 fully saturated rings. The average Bonchev–Trinajstić information content (AvgIpc) is 2.61. The van der Waals surface area contributed by atoms with Crippen molar-refractivity contribution in [2.24, 2.45) is 0 Å². The molecule has 0 heterocycles. The zero-order chi connectivity index (χ0) is 18.2. The van der Waals surface area contributed by atoms with Crippen molar-refractivity contribution in [3.63, 3.8) is 0 Å². The number of hydrogen-bond donors (Lipinski definition) is 1. The molecule has 0 aromatic heterocycles. The molecular formula is C20H18N2O3. The Bertz CT molecular complexity index is 846. The van der Waals surface area contributed by atoms with Crippen molar-refractivity contribution in [2.75, 3.05) is 11.9 Å². The van der Waals surface area contributed by atoms with Crippen LogP contribution in [0.4, 0.5) is 5.69 Å². The normalized spacial score (nSPS) is 10.7. The van der Waals surface area contributed by atoms with E-state index in [1.165, 1.54) is 0 Å². The standard InChI is InChI=1S/C20H18N2O3/c1-3-25-20(24)15-8-10-18(11-9-15)22-19(23)17(13-21)12-16-7-5-4-6-14(16)2/h4-12H,3H2,1-2H3,(H,22,23)/b17-12+. The third-order valence-electron chi connectivity index (χ3n) is 3.51. The van der Waals surface area contributed by atoms with Crippen LogP contribution in [-0.2, 0) is 9.53 Å². The first-order valence-electron chi connectivity index (χ1n) is 7.81. The maximum atomic E-state index is 12.3. The van der Waals surface area contributed by atoms with Gasteiger partial charge in [0.2, 0.25) is 0 Å². The van der Waals surface area contributed by atoms with Crippen LogP contribution in [0, 0.1) is 18.3 Å². The summed E-state index contributed by atoms with van der Waals surface area (Å²) in [5.41, 5.74) is 2.68. The molecule has 126 valence electrons. The number of nitrogens with one attached hydrogen (secondary N) is 1. The van der Waals surface area contributed by atoms with Crippen LogP contribution in [0.15, 0.2) is 54.1 Å². The summed E-state index contributed by atoms with van der Waals surface area (Å²) in [5, 5.41) is 11.9. The molecular weight excluding hydrogens is 316 g/mol. The van der Waals surface area contributed by atoms with Crippen LogP contribution < -0.4 is 5.32 Å². The molecule has 0 unspecified atom stereocenters. The van der Waals surface area contributed by atoms with Crippen molar-refractivity contribution in [2.45, 2.75) is 13.8 Å². The summed E-state index contributed by atoms with van der Waals surface area (Å²) in [5.74, 6) is -0.924. The maximum absolute atomic E-state index is 12.3. The number of rotatable bonds is 5. The molecule has 2 rings (SSSR count). The van der Waals surface area contributed by atoms with Gasteiger partial charge in [-0.1, -0.05) is 24.3 Å². The number of amides is 1. The van der Waals surface area contributed by atoms with Crippen LogP contribution >= 0.6 is 0 Å². The number of carbonyl (C=O) groups is 2. The van der Waals surface area contributed by atoms with E-state index in [2.05, 4.69) is 5.32 Å². The molecule has 0 saturated carbocycles. The summed E-state index contributed by atoms with van der Waals surface area (Å²) < 4.78 is 4.90. The van der Waals surface area contributed by atoms with Crippen LogP contribution in [0.3, 0.4) is 0 Å². The molecule has 2 aromatic rings. The van der Waals surface area contributed by atoms with E-state index in [0.29, 0.717) is 17.9 Å². The SMILES string of the molecule is CCOC(=O)c1ccc(NC(=O)/C(C#N)=C/c2ccccc2C)cc1. The number of benzene rings is 2. The Kier molecular flexibility index (Phi) is 6.08. The first-order valence-corrected chi connectivity index (χ1v) is 7.81. The second-order valence-electron chi connectivity index (χ2n) is 5.28. The number of nitrogens with zero attached hydrogens (tertiary/aromatic N) is 1. The van der Waals surface area contributed by atoms with E-state index < -0.39 is 11.9 Å². The molecule has 0 aliphatic carbocycles. The van der Waals surface area contributed by atoms with Gasteiger partial charge in [0.1, 0.15) is 11.6 Å². The van der Waals surface area contributed by atoms with Gasteiger partial charge in [-0.15, -0.1) is 0 Å². The van der Waals surface area contributed by atoms with Crippen LogP contribution in [-0.4, -0.2) is 18.5 Å². The van der Waals surface area contributed by atoms with Crippen molar-refractivity contribution in [1.29, 1.82) is 5.26 Å². The van der Waals surface area contributed by atoms with Crippen LogP contribution in [0.25, 0.3) is 6.08 Å². The third kappa shape index (κ3) is 4.79. The fraction of sp³-hybridized carbons (Fsp3) is 0.150. The number of esters is 1. The molecule has 0 radical (unpaired) electrons. The van der Waals surface area contributed by atoms with E-state index >= 15 is 0 Å². The smallest absolute Gasteiger partial charge is 0.338 e. The monoisotopic (exact) mass is 334 g/mol. The van der Waals surface area contributed by atoms with E-state index in [1.807, 2.05) is 37.3 Å². The van der Waals surface area contributed by atoms with E-state index in [1.54, 1.807) is 37.3 Å². The minimum absolute atomic E-state index is 0.00349. The fourth-order valence-electron chi connectivity index (χ4n) is 2.16. The van der Waals surface area contributed by atoms with Crippen LogP contribution in [0.2, 0.25) is 0 Å². The topological polar surface area (TPSA) is 79.2 Å². The van der Waals surface area contributed by atoms with Crippen molar-refractivity contribution >= 4 is 23.6 Å². The van der Waals surface area contributed by atoms with Gasteiger partial charge in [0, 0.05) is 5.69 Å². The number of carbonyl (C=O) groups excluding carboxylic acids is 2. The second-order valence-corrected chi connectivity index (χ2v) is 5.28. The molecule has 0 bridgehead atoms. The van der Waals surface area contributed by atoms with Gasteiger partial charge in [-0.3, -0.25) is 4.79 Å². The molecule has 1 amide bonds. The van der Waals surface area contributed by atoms with Gasteiger partial charge in [0.05, 0.1) is 12.2 Å². The highest BCUT2D eigenvalue weighted by Gasteiger charge is 2.11. The first kappa shape index (κ1) is 18.0. The van der Waals surface area contributed by atoms with Crippen LogP contribution in [0.1, 0.15) is 28.4 Å². The number of ether oxygens (including phenoxy) is 1. The molecule has 0 aliphatic rings. The lowest BCUT2D eigenvalue weighted by atomic mass is 10.1. The Balaban J connectivity index is 2.14. The minimum Gasteiger partial charge on any atom is -0.462 e. The number of hydrogen-bond acceptors (Lipinski definition) is 4. The minimum atomic E-state index is -0.505. The Morgan fingerprint density at radius 2 is 1.84 bits per heavy atom. The molecule has 0 atom stereocenters.